The predicted octanol–water partition coefficient (Wildman–Crippen LogP) is 3.86. The lowest BCUT2D eigenvalue weighted by atomic mass is 10.0. The molecule has 158 valence electrons. The van der Waals surface area contributed by atoms with Crippen LogP contribution in [0, 0.1) is 0 Å². The number of aromatic nitrogens is 2. The number of thiazole rings is 1. The van der Waals surface area contributed by atoms with E-state index in [1.165, 1.54) is 35.9 Å². The van der Waals surface area contributed by atoms with Gasteiger partial charge in [0.2, 0.25) is 11.7 Å². The number of nitrogens with one attached hydrogen (secondary N) is 2. The Morgan fingerprint density at radius 3 is 2.58 bits per heavy atom. The van der Waals surface area contributed by atoms with Crippen LogP contribution in [0.1, 0.15) is 18.5 Å². The summed E-state index contributed by atoms with van der Waals surface area (Å²) < 4.78 is 37.9. The summed E-state index contributed by atoms with van der Waals surface area (Å²) in [4.78, 5) is 16.9. The van der Waals surface area contributed by atoms with Crippen molar-refractivity contribution < 1.29 is 22.2 Å². The van der Waals surface area contributed by atoms with Crippen molar-refractivity contribution in [3.05, 3.63) is 66.0 Å². The number of carbonyl (C=O) groups is 1. The lowest BCUT2D eigenvalue weighted by molar-refractivity contribution is -0.118. The molecule has 0 unspecified atom stereocenters. The van der Waals surface area contributed by atoms with E-state index in [-0.39, 0.29) is 15.9 Å². The summed E-state index contributed by atoms with van der Waals surface area (Å²) in [7, 11) is -3.75. The van der Waals surface area contributed by atoms with Crippen molar-refractivity contribution in [3.8, 4) is 11.5 Å². The highest BCUT2D eigenvalue weighted by Gasteiger charge is 2.54. The molecule has 2 N–H and O–H groups in total. The first-order valence-corrected chi connectivity index (χ1v) is 11.7. The van der Waals surface area contributed by atoms with Gasteiger partial charge in [-0.15, -0.1) is 11.3 Å². The van der Waals surface area contributed by atoms with E-state index >= 15 is 0 Å². The van der Waals surface area contributed by atoms with Crippen molar-refractivity contribution in [3.63, 3.8) is 0 Å². The highest BCUT2D eigenvalue weighted by molar-refractivity contribution is 7.93. The minimum absolute atomic E-state index is 0.0708. The largest absolute Gasteiger partial charge is 0.461 e. The van der Waals surface area contributed by atoms with Gasteiger partial charge in [-0.25, -0.2) is 13.4 Å². The third kappa shape index (κ3) is 3.73. The number of rotatable bonds is 7. The standard InChI is InChI=1S/C20H16N4O5S2/c25-18(20(7-8-20)17-12-16(29-23-17)15-2-1-10-28-15)22-13-3-5-14(6-4-13)31(26,27)24-19-21-9-11-30-19/h1-6,9-12H,7-8H2,(H,21,24)(H,22,25). The summed E-state index contributed by atoms with van der Waals surface area (Å²) in [5.41, 5.74) is 0.272. The molecule has 5 rings (SSSR count). The van der Waals surface area contributed by atoms with Gasteiger partial charge in [0, 0.05) is 23.3 Å². The highest BCUT2D eigenvalue weighted by Crippen LogP contribution is 2.49. The van der Waals surface area contributed by atoms with Gasteiger partial charge < -0.3 is 14.3 Å². The molecule has 0 aliphatic heterocycles. The van der Waals surface area contributed by atoms with E-state index in [9.17, 15) is 13.2 Å². The summed E-state index contributed by atoms with van der Waals surface area (Å²) >= 11 is 1.19. The maximum atomic E-state index is 12.9. The molecular formula is C20H16N4O5S2. The van der Waals surface area contributed by atoms with E-state index in [1.807, 2.05) is 0 Å². The molecule has 1 amide bonds. The molecule has 0 bridgehead atoms. The van der Waals surface area contributed by atoms with Gasteiger partial charge in [-0.1, -0.05) is 5.16 Å². The van der Waals surface area contributed by atoms with Gasteiger partial charge in [0.25, 0.3) is 10.0 Å². The fourth-order valence-electron chi connectivity index (χ4n) is 3.18. The molecular weight excluding hydrogens is 440 g/mol. The summed E-state index contributed by atoms with van der Waals surface area (Å²) in [5, 5.41) is 8.87. The minimum Gasteiger partial charge on any atom is -0.461 e. The second-order valence-corrected chi connectivity index (χ2v) is 9.63. The molecule has 1 aliphatic carbocycles. The normalized spacial score (nSPS) is 14.8. The van der Waals surface area contributed by atoms with Gasteiger partial charge in [-0.2, -0.15) is 0 Å². The predicted molar refractivity (Wildman–Crippen MR) is 113 cm³/mol. The first-order valence-electron chi connectivity index (χ1n) is 9.31. The van der Waals surface area contributed by atoms with E-state index in [4.69, 9.17) is 8.94 Å². The molecule has 31 heavy (non-hydrogen) atoms. The molecule has 3 aromatic heterocycles. The van der Waals surface area contributed by atoms with Crippen molar-refractivity contribution in [2.24, 2.45) is 0 Å². The van der Waals surface area contributed by atoms with Gasteiger partial charge >= 0.3 is 0 Å². The average molecular weight is 457 g/mol. The maximum absolute atomic E-state index is 12.9. The van der Waals surface area contributed by atoms with Crippen molar-refractivity contribution in [2.75, 3.05) is 10.0 Å². The smallest absolute Gasteiger partial charge is 0.263 e. The van der Waals surface area contributed by atoms with Crippen LogP contribution in [0.3, 0.4) is 0 Å². The third-order valence-corrected chi connectivity index (χ3v) is 7.20. The summed E-state index contributed by atoms with van der Waals surface area (Å²) in [6.07, 6.45) is 4.34. The molecule has 0 atom stereocenters. The van der Waals surface area contributed by atoms with Crippen LogP contribution in [0.5, 0.6) is 0 Å². The van der Waals surface area contributed by atoms with Crippen molar-refractivity contribution in [1.29, 1.82) is 0 Å². The van der Waals surface area contributed by atoms with Gasteiger partial charge in [0.05, 0.1) is 22.3 Å². The Hall–Kier alpha value is -3.44. The monoisotopic (exact) mass is 456 g/mol. The van der Waals surface area contributed by atoms with Crippen LogP contribution >= 0.6 is 11.3 Å². The number of hydrogen-bond donors (Lipinski definition) is 2. The lowest BCUT2D eigenvalue weighted by Gasteiger charge is -2.13. The van der Waals surface area contributed by atoms with Crippen LogP contribution in [0.15, 0.2) is 74.1 Å². The zero-order valence-electron chi connectivity index (χ0n) is 15.9. The van der Waals surface area contributed by atoms with Crippen LogP contribution in [0.25, 0.3) is 11.5 Å². The van der Waals surface area contributed by atoms with Crippen LogP contribution < -0.4 is 10.0 Å². The van der Waals surface area contributed by atoms with E-state index < -0.39 is 15.4 Å². The topological polar surface area (TPSA) is 127 Å². The number of furan rings is 1. The van der Waals surface area contributed by atoms with Crippen LogP contribution in [0.2, 0.25) is 0 Å². The van der Waals surface area contributed by atoms with Crippen molar-refractivity contribution in [2.45, 2.75) is 23.2 Å². The summed E-state index contributed by atoms with van der Waals surface area (Å²) in [6.45, 7) is 0. The zero-order valence-corrected chi connectivity index (χ0v) is 17.6. The Morgan fingerprint density at radius 1 is 1.13 bits per heavy atom. The van der Waals surface area contributed by atoms with Gasteiger partial charge in [0.15, 0.2) is 10.9 Å². The Morgan fingerprint density at radius 2 is 1.94 bits per heavy atom. The molecule has 3 heterocycles. The molecule has 0 spiro atoms. The van der Waals surface area contributed by atoms with Crippen molar-refractivity contribution >= 4 is 38.1 Å². The average Bonchev–Trinajstić information content (AvgIpc) is 3.20. The number of benzene rings is 1. The Labute approximate surface area is 181 Å². The van der Waals surface area contributed by atoms with Gasteiger partial charge in [-0.05, 0) is 49.2 Å². The fourth-order valence-corrected chi connectivity index (χ4v) is 4.96. The van der Waals surface area contributed by atoms with Crippen LogP contribution in [-0.4, -0.2) is 24.5 Å². The number of nitrogens with zero attached hydrogens (tertiary/aromatic N) is 2. The Balaban J connectivity index is 1.29. The molecule has 1 aliphatic rings. The molecule has 1 saturated carbocycles. The second-order valence-electron chi connectivity index (χ2n) is 7.06. The number of anilines is 2. The van der Waals surface area contributed by atoms with Crippen LogP contribution in [0.4, 0.5) is 10.8 Å². The first-order chi connectivity index (χ1) is 15.0. The molecule has 4 aromatic rings. The van der Waals surface area contributed by atoms with E-state index in [0.29, 0.717) is 35.7 Å². The first kappa shape index (κ1) is 19.5. The van der Waals surface area contributed by atoms with Crippen molar-refractivity contribution in [1.82, 2.24) is 10.1 Å². The summed E-state index contributed by atoms with van der Waals surface area (Å²) in [5.74, 6) is 0.780. The van der Waals surface area contributed by atoms with E-state index in [0.717, 1.165) is 0 Å². The van der Waals surface area contributed by atoms with E-state index in [2.05, 4.69) is 20.2 Å². The molecule has 9 nitrogen and oxygen atoms in total. The Kier molecular flexibility index (Phi) is 4.63. The number of amides is 1. The molecule has 1 aromatic carbocycles. The molecule has 0 radical (unpaired) electrons. The van der Waals surface area contributed by atoms with Gasteiger partial charge in [0.1, 0.15) is 0 Å². The molecule has 1 fully saturated rings. The maximum Gasteiger partial charge on any atom is 0.263 e. The second kappa shape index (κ2) is 7.36. The third-order valence-electron chi connectivity index (χ3n) is 5.03. The fraction of sp³-hybridized carbons (Fsp3) is 0.150. The zero-order chi connectivity index (χ0) is 21.5. The van der Waals surface area contributed by atoms with Crippen LogP contribution in [-0.2, 0) is 20.2 Å². The summed E-state index contributed by atoms with van der Waals surface area (Å²) in [6, 6.07) is 11.1. The molecule has 0 saturated heterocycles. The molecule has 11 heteroatoms. The highest BCUT2D eigenvalue weighted by atomic mass is 32.2. The van der Waals surface area contributed by atoms with Gasteiger partial charge in [-0.3, -0.25) is 9.52 Å². The lowest BCUT2D eigenvalue weighted by Crippen LogP contribution is -2.28. The quantitative estimate of drug-likeness (QED) is 0.432. The number of sulfonamides is 1. The van der Waals surface area contributed by atoms with E-state index in [1.54, 1.807) is 35.7 Å². The minimum atomic E-state index is -3.75. The number of carbonyl (C=O) groups excluding carboxylic acids is 1. The SMILES string of the molecule is O=C(Nc1ccc(S(=O)(=O)Nc2nccs2)cc1)C1(c2cc(-c3ccco3)on2)CC1. The number of hydrogen-bond acceptors (Lipinski definition) is 8. The Bertz CT molecular complexity index is 1310.